The van der Waals surface area contributed by atoms with Gasteiger partial charge in [-0.25, -0.2) is 0 Å². The molecule has 22 heavy (non-hydrogen) atoms. The van der Waals surface area contributed by atoms with Gasteiger partial charge in [-0.3, -0.25) is 9.59 Å². The summed E-state index contributed by atoms with van der Waals surface area (Å²) in [6, 6.07) is 7.12. The summed E-state index contributed by atoms with van der Waals surface area (Å²) >= 11 is 0. The maximum absolute atomic E-state index is 12.1. The first kappa shape index (κ1) is 18.2. The summed E-state index contributed by atoms with van der Waals surface area (Å²) in [6.07, 6.45) is 4.36. The van der Waals surface area contributed by atoms with Crippen LogP contribution in [-0.4, -0.2) is 24.4 Å². The van der Waals surface area contributed by atoms with E-state index in [1.807, 2.05) is 19.9 Å². The number of carbonyl (C=O) groups is 2. The summed E-state index contributed by atoms with van der Waals surface area (Å²) in [4.78, 5) is 24.1. The van der Waals surface area contributed by atoms with Gasteiger partial charge in [0.15, 0.2) is 0 Å². The lowest BCUT2D eigenvalue weighted by molar-refractivity contribution is -0.116. The monoisotopic (exact) mass is 305 g/mol. The van der Waals surface area contributed by atoms with Crippen molar-refractivity contribution < 1.29 is 9.59 Å². The maximum Gasteiger partial charge on any atom is 0.253 e. The first-order valence-electron chi connectivity index (χ1n) is 7.94. The number of para-hydroxylation sites is 1. The highest BCUT2D eigenvalue weighted by molar-refractivity contribution is 6.03. The molecule has 122 valence electrons. The maximum atomic E-state index is 12.1. The highest BCUT2D eigenvalue weighted by Crippen LogP contribution is 2.16. The van der Waals surface area contributed by atoms with E-state index in [1.165, 1.54) is 0 Å². The summed E-state index contributed by atoms with van der Waals surface area (Å²) in [5, 5.41) is 5.67. The summed E-state index contributed by atoms with van der Waals surface area (Å²) in [6.45, 7) is 4.51. The van der Waals surface area contributed by atoms with E-state index in [1.54, 1.807) is 18.2 Å². The van der Waals surface area contributed by atoms with Gasteiger partial charge in [0.1, 0.15) is 0 Å². The minimum Gasteiger partial charge on any atom is -0.350 e. The van der Waals surface area contributed by atoms with Crippen LogP contribution in [0.1, 0.15) is 56.3 Å². The predicted molar refractivity (Wildman–Crippen MR) is 89.8 cm³/mol. The number of hydrogen-bond acceptors (Lipinski definition) is 3. The van der Waals surface area contributed by atoms with E-state index in [0.29, 0.717) is 24.2 Å². The first-order valence-corrected chi connectivity index (χ1v) is 7.94. The Morgan fingerprint density at radius 3 is 2.45 bits per heavy atom. The lowest BCUT2D eigenvalue weighted by Gasteiger charge is -2.13. The Labute approximate surface area is 132 Å². The number of benzene rings is 1. The van der Waals surface area contributed by atoms with Gasteiger partial charge in [0.05, 0.1) is 11.3 Å². The lowest BCUT2D eigenvalue weighted by Crippen LogP contribution is -2.31. The second-order valence-electron chi connectivity index (χ2n) is 5.67. The van der Waals surface area contributed by atoms with Gasteiger partial charge in [-0.1, -0.05) is 25.0 Å². The third-order valence-corrected chi connectivity index (χ3v) is 3.22. The molecule has 0 heterocycles. The number of rotatable bonds is 9. The number of amides is 2. The molecule has 2 amide bonds. The van der Waals surface area contributed by atoms with Crippen molar-refractivity contribution in [1.82, 2.24) is 5.32 Å². The Bertz CT molecular complexity index is 487. The van der Waals surface area contributed by atoms with Crippen molar-refractivity contribution in [3.63, 3.8) is 0 Å². The van der Waals surface area contributed by atoms with E-state index < -0.39 is 0 Å². The van der Waals surface area contributed by atoms with Crippen LogP contribution in [0.5, 0.6) is 0 Å². The molecule has 0 spiro atoms. The molecule has 0 bridgehead atoms. The van der Waals surface area contributed by atoms with E-state index in [9.17, 15) is 9.59 Å². The lowest BCUT2D eigenvalue weighted by atomic mass is 10.1. The Morgan fingerprint density at radius 2 is 1.77 bits per heavy atom. The summed E-state index contributed by atoms with van der Waals surface area (Å²) < 4.78 is 0. The van der Waals surface area contributed by atoms with Gasteiger partial charge in [-0.15, -0.1) is 0 Å². The Balaban J connectivity index is 2.54. The fraction of sp³-hybridized carbons (Fsp3) is 0.529. The molecule has 0 fully saturated rings. The number of nitrogens with two attached hydrogens (primary N) is 1. The molecule has 0 saturated heterocycles. The molecule has 1 aromatic rings. The molecule has 0 atom stereocenters. The molecule has 5 nitrogen and oxygen atoms in total. The summed E-state index contributed by atoms with van der Waals surface area (Å²) in [5.41, 5.74) is 6.49. The van der Waals surface area contributed by atoms with E-state index in [2.05, 4.69) is 10.6 Å². The molecule has 4 N–H and O–H groups in total. The molecular formula is C17H27N3O2. The van der Waals surface area contributed by atoms with Gasteiger partial charge in [-0.2, -0.15) is 0 Å². The van der Waals surface area contributed by atoms with Crippen LogP contribution in [0.4, 0.5) is 5.69 Å². The molecule has 0 aromatic heterocycles. The average molecular weight is 305 g/mol. The zero-order valence-corrected chi connectivity index (χ0v) is 13.5. The molecule has 0 unspecified atom stereocenters. The smallest absolute Gasteiger partial charge is 0.253 e. The standard InChI is InChI=1S/C17H27N3O2/c1-13(2)19-17(22)14-9-6-7-10-15(14)20-16(21)11-5-3-4-8-12-18/h6-7,9-10,13H,3-5,8,11-12,18H2,1-2H3,(H,19,22)(H,20,21). The van der Waals surface area contributed by atoms with E-state index in [-0.39, 0.29) is 17.9 Å². The number of carbonyl (C=O) groups excluding carboxylic acids is 2. The number of nitrogens with one attached hydrogen (secondary N) is 2. The van der Waals surface area contributed by atoms with Gasteiger partial charge < -0.3 is 16.4 Å². The van der Waals surface area contributed by atoms with Gasteiger partial charge in [0.25, 0.3) is 5.91 Å². The Kier molecular flexibility index (Phi) is 8.22. The SMILES string of the molecule is CC(C)NC(=O)c1ccccc1NC(=O)CCCCCCN. The van der Waals surface area contributed by atoms with Crippen LogP contribution in [0, 0.1) is 0 Å². The molecule has 0 aliphatic rings. The minimum atomic E-state index is -0.172. The average Bonchev–Trinajstić information content (AvgIpc) is 2.46. The number of unbranched alkanes of at least 4 members (excludes halogenated alkanes) is 3. The third kappa shape index (κ3) is 6.72. The van der Waals surface area contributed by atoms with Crippen molar-refractivity contribution in [3.8, 4) is 0 Å². The van der Waals surface area contributed by atoms with Gasteiger partial charge in [-0.05, 0) is 45.4 Å². The third-order valence-electron chi connectivity index (χ3n) is 3.22. The molecule has 1 rings (SSSR count). The highest BCUT2D eigenvalue weighted by atomic mass is 16.2. The van der Waals surface area contributed by atoms with E-state index >= 15 is 0 Å². The molecule has 0 saturated carbocycles. The van der Waals surface area contributed by atoms with Crippen LogP contribution in [-0.2, 0) is 4.79 Å². The summed E-state index contributed by atoms with van der Waals surface area (Å²) in [7, 11) is 0. The topological polar surface area (TPSA) is 84.2 Å². The normalized spacial score (nSPS) is 10.5. The van der Waals surface area contributed by atoms with Crippen molar-refractivity contribution >= 4 is 17.5 Å². The molecule has 5 heteroatoms. The zero-order valence-electron chi connectivity index (χ0n) is 13.5. The van der Waals surface area contributed by atoms with Gasteiger partial charge in [0.2, 0.25) is 5.91 Å². The van der Waals surface area contributed by atoms with Crippen molar-refractivity contribution in [2.24, 2.45) is 5.73 Å². The quantitative estimate of drug-likeness (QED) is 0.613. The first-order chi connectivity index (χ1) is 10.5. The molecular weight excluding hydrogens is 278 g/mol. The number of anilines is 1. The van der Waals surface area contributed by atoms with Crippen molar-refractivity contribution in [3.05, 3.63) is 29.8 Å². The van der Waals surface area contributed by atoms with Crippen LogP contribution < -0.4 is 16.4 Å². The Morgan fingerprint density at radius 1 is 1.09 bits per heavy atom. The summed E-state index contributed by atoms with van der Waals surface area (Å²) in [5.74, 6) is -0.230. The van der Waals surface area contributed by atoms with Gasteiger partial charge in [0, 0.05) is 12.5 Å². The van der Waals surface area contributed by atoms with Crippen molar-refractivity contribution in [1.29, 1.82) is 0 Å². The molecule has 0 radical (unpaired) electrons. The van der Waals surface area contributed by atoms with Crippen LogP contribution in [0.15, 0.2) is 24.3 Å². The van der Waals surface area contributed by atoms with Crippen molar-refractivity contribution in [2.75, 3.05) is 11.9 Å². The second kappa shape index (κ2) is 9.95. The van der Waals surface area contributed by atoms with Crippen LogP contribution in [0.2, 0.25) is 0 Å². The largest absolute Gasteiger partial charge is 0.350 e. The van der Waals surface area contributed by atoms with Crippen LogP contribution >= 0.6 is 0 Å². The minimum absolute atomic E-state index is 0.0544. The fourth-order valence-electron chi connectivity index (χ4n) is 2.13. The van der Waals surface area contributed by atoms with Crippen molar-refractivity contribution in [2.45, 2.75) is 52.0 Å². The van der Waals surface area contributed by atoms with Gasteiger partial charge >= 0.3 is 0 Å². The van der Waals surface area contributed by atoms with E-state index in [0.717, 1.165) is 25.7 Å². The van der Waals surface area contributed by atoms with Crippen LogP contribution in [0.25, 0.3) is 0 Å². The molecule has 1 aromatic carbocycles. The van der Waals surface area contributed by atoms with Crippen LogP contribution in [0.3, 0.4) is 0 Å². The predicted octanol–water partition coefficient (Wildman–Crippen LogP) is 2.67. The molecule has 0 aliphatic carbocycles. The zero-order chi connectivity index (χ0) is 16.4. The fourth-order valence-corrected chi connectivity index (χ4v) is 2.13. The Hall–Kier alpha value is -1.88. The number of hydrogen-bond donors (Lipinski definition) is 3. The highest BCUT2D eigenvalue weighted by Gasteiger charge is 2.13. The molecule has 0 aliphatic heterocycles. The van der Waals surface area contributed by atoms with E-state index in [4.69, 9.17) is 5.73 Å². The second-order valence-corrected chi connectivity index (χ2v) is 5.67.